The normalized spacial score (nSPS) is 13.5. The van der Waals surface area contributed by atoms with Crippen molar-refractivity contribution >= 4 is 45.8 Å². The van der Waals surface area contributed by atoms with Crippen molar-refractivity contribution in [2.75, 3.05) is 0 Å². The predicted molar refractivity (Wildman–Crippen MR) is 140 cm³/mol. The van der Waals surface area contributed by atoms with E-state index in [1.807, 2.05) is 0 Å². The molecule has 0 spiro atoms. The van der Waals surface area contributed by atoms with Crippen molar-refractivity contribution in [3.05, 3.63) is 18.2 Å². The third kappa shape index (κ3) is 6.35. The Morgan fingerprint density at radius 3 is 2.00 bits per heavy atom. The van der Waals surface area contributed by atoms with Gasteiger partial charge in [-0.05, 0) is 0 Å². The summed E-state index contributed by atoms with van der Waals surface area (Å²) in [5.41, 5.74) is 0. The van der Waals surface area contributed by atoms with Crippen LogP contribution in [0.1, 0.15) is 85.9 Å². The van der Waals surface area contributed by atoms with E-state index in [9.17, 15) is 0 Å². The summed E-state index contributed by atoms with van der Waals surface area (Å²) in [4.78, 5) is 6.07. The number of nitrogens with zero attached hydrogens (tertiary/aromatic N) is 2. The molecule has 0 fully saturated rings. The Balaban J connectivity index is 2.34. The molecule has 0 unspecified atom stereocenters. The van der Waals surface area contributed by atoms with Crippen LogP contribution in [0.25, 0.3) is 4.83 Å². The van der Waals surface area contributed by atoms with E-state index in [1.165, 1.54) is 56.7 Å². The third-order valence-electron chi connectivity index (χ3n) is 7.22. The summed E-state index contributed by atoms with van der Waals surface area (Å²) in [6, 6.07) is 0. The second kappa shape index (κ2) is 11.3. The summed E-state index contributed by atoms with van der Waals surface area (Å²) in [5, 5.41) is 0.231. The molecule has 0 aliphatic rings. The molecule has 0 saturated heterocycles. The van der Waals surface area contributed by atoms with Gasteiger partial charge in [-0.1, -0.05) is 0 Å². The average Bonchev–Trinajstić information content (AvgIpc) is 3.27. The summed E-state index contributed by atoms with van der Waals surface area (Å²) in [6.45, 7) is 19.3. The maximum atomic E-state index is 6.51. The summed E-state index contributed by atoms with van der Waals surface area (Å²) >= 11 is -0.309. The van der Waals surface area contributed by atoms with Crippen LogP contribution in [-0.2, 0) is 11.0 Å². The maximum absolute atomic E-state index is 6.51. The minimum absolute atomic E-state index is 0.231. The summed E-state index contributed by atoms with van der Waals surface area (Å²) in [5.74, 6) is 1.10. The van der Waals surface area contributed by atoms with Gasteiger partial charge in [-0.3, -0.25) is 0 Å². The average molecular weight is 558 g/mol. The zero-order valence-electron chi connectivity index (χ0n) is 20.9. The van der Waals surface area contributed by atoms with Gasteiger partial charge in [0.2, 0.25) is 0 Å². The first kappa shape index (κ1) is 26.4. The minimum atomic E-state index is -2.37. The van der Waals surface area contributed by atoms with Crippen LogP contribution in [0, 0.1) is 0 Å². The van der Waals surface area contributed by atoms with Crippen LogP contribution in [0.2, 0.25) is 31.4 Å². The number of hydrogen-bond donors (Lipinski definition) is 0. The molecule has 6 heteroatoms. The standard InChI is InChI=1S/C12H19N2OSSi.3C4H9.Sn/c1-12(2,3)17(4,5)15-9-10-13-8-11-14(10)6-7-16-11;3*1-3-4-2;/h6,8H,9H2,1-5H3;3*1,3-4H2,2H3;. The van der Waals surface area contributed by atoms with Gasteiger partial charge >= 0.3 is 196 Å². The van der Waals surface area contributed by atoms with Gasteiger partial charge in [0.1, 0.15) is 0 Å². The van der Waals surface area contributed by atoms with E-state index in [2.05, 4.69) is 82.8 Å². The Labute approximate surface area is 195 Å². The number of rotatable bonds is 13. The molecule has 2 aromatic heterocycles. The van der Waals surface area contributed by atoms with Gasteiger partial charge < -0.3 is 0 Å². The number of imidazole rings is 1. The van der Waals surface area contributed by atoms with Gasteiger partial charge in [0.15, 0.2) is 0 Å². The first-order valence-corrected chi connectivity index (χ1v) is 23.4. The Hall–Kier alpha value is 0.146. The van der Waals surface area contributed by atoms with E-state index in [0.29, 0.717) is 6.61 Å². The van der Waals surface area contributed by atoms with Gasteiger partial charge in [-0.25, -0.2) is 0 Å². The molecule has 30 heavy (non-hydrogen) atoms. The Bertz CT molecular complexity index is 756. The molecule has 0 radical (unpaired) electrons. The molecule has 172 valence electrons. The fourth-order valence-electron chi connectivity index (χ4n) is 3.95. The molecule has 2 rings (SSSR count). The summed E-state index contributed by atoms with van der Waals surface area (Å²) in [6.07, 6.45) is 12.8. The molecule has 0 atom stereocenters. The molecule has 2 aromatic rings. The van der Waals surface area contributed by atoms with E-state index in [1.54, 1.807) is 2.89 Å². The molecule has 0 aliphatic carbocycles. The fourth-order valence-corrected chi connectivity index (χ4v) is 24.9. The number of hydrogen-bond acceptors (Lipinski definition) is 3. The van der Waals surface area contributed by atoms with Crippen LogP contribution in [-0.4, -0.2) is 36.1 Å². The second-order valence-electron chi connectivity index (χ2n) is 10.6. The summed E-state index contributed by atoms with van der Waals surface area (Å²) in [7, 11) is -1.77. The monoisotopic (exact) mass is 558 g/mol. The van der Waals surface area contributed by atoms with Crippen molar-refractivity contribution in [2.45, 2.75) is 118 Å². The van der Waals surface area contributed by atoms with E-state index >= 15 is 0 Å². The van der Waals surface area contributed by atoms with Gasteiger partial charge in [0.25, 0.3) is 0 Å². The Morgan fingerprint density at radius 1 is 1.00 bits per heavy atom. The van der Waals surface area contributed by atoms with E-state index in [-0.39, 0.29) is 5.04 Å². The molecule has 2 heterocycles. The Kier molecular flexibility index (Phi) is 9.97. The van der Waals surface area contributed by atoms with Crippen molar-refractivity contribution in [3.63, 3.8) is 0 Å². The van der Waals surface area contributed by atoms with Gasteiger partial charge in [-0.15, -0.1) is 0 Å². The van der Waals surface area contributed by atoms with Crippen molar-refractivity contribution in [3.8, 4) is 0 Å². The predicted octanol–water partition coefficient (Wildman–Crippen LogP) is 7.97. The summed E-state index contributed by atoms with van der Waals surface area (Å²) < 4.78 is 15.3. The number of aromatic nitrogens is 2. The van der Waals surface area contributed by atoms with E-state index in [4.69, 9.17) is 9.41 Å². The third-order valence-corrected chi connectivity index (χ3v) is 30.9. The van der Waals surface area contributed by atoms with Crippen molar-refractivity contribution in [1.82, 2.24) is 9.38 Å². The van der Waals surface area contributed by atoms with Crippen LogP contribution in [0.5, 0.6) is 0 Å². The Morgan fingerprint density at radius 2 is 1.53 bits per heavy atom. The zero-order valence-corrected chi connectivity index (χ0v) is 25.6. The quantitative estimate of drug-likeness (QED) is 0.234. The zero-order chi connectivity index (χ0) is 22.4. The number of thiazole rings is 1. The molecule has 0 bridgehead atoms. The van der Waals surface area contributed by atoms with Gasteiger partial charge in [0, 0.05) is 0 Å². The SMILES string of the molecule is CCC[CH2][Sn]([CH2]CCC)([CH2]CCC)[c]1cn2c(CO[Si](C)(C)C(C)(C)C)ncc2s1. The van der Waals surface area contributed by atoms with Crippen molar-refractivity contribution < 1.29 is 4.43 Å². The van der Waals surface area contributed by atoms with Crippen molar-refractivity contribution in [2.24, 2.45) is 0 Å². The van der Waals surface area contributed by atoms with Crippen LogP contribution in [0.15, 0.2) is 12.4 Å². The molecule has 0 N–H and O–H groups in total. The molecular weight excluding hydrogens is 511 g/mol. The van der Waals surface area contributed by atoms with Crippen molar-refractivity contribution in [1.29, 1.82) is 0 Å². The fraction of sp³-hybridized carbons (Fsp3) is 0.792. The van der Waals surface area contributed by atoms with Gasteiger partial charge in [-0.2, -0.15) is 0 Å². The van der Waals surface area contributed by atoms with E-state index in [0.717, 1.165) is 5.82 Å². The molecule has 0 aliphatic heterocycles. The molecule has 3 nitrogen and oxygen atoms in total. The van der Waals surface area contributed by atoms with Crippen LogP contribution < -0.4 is 2.89 Å². The number of unbranched alkanes of at least 4 members (excludes halogenated alkanes) is 3. The van der Waals surface area contributed by atoms with Gasteiger partial charge in [0.05, 0.1) is 0 Å². The van der Waals surface area contributed by atoms with Crippen LogP contribution in [0.4, 0.5) is 0 Å². The van der Waals surface area contributed by atoms with Crippen LogP contribution >= 0.6 is 11.3 Å². The number of fused-ring (bicyclic) bond motifs is 1. The van der Waals surface area contributed by atoms with Crippen LogP contribution in [0.3, 0.4) is 0 Å². The van der Waals surface area contributed by atoms with E-state index < -0.39 is 26.7 Å². The molecule has 0 saturated carbocycles. The second-order valence-corrected chi connectivity index (χ2v) is 30.7. The first-order chi connectivity index (χ1) is 14.1. The molecular formula is C24H46N2OSSiSn. The topological polar surface area (TPSA) is 26.5 Å². The first-order valence-electron chi connectivity index (χ1n) is 12.2. The molecule has 0 aromatic carbocycles. The molecule has 0 amide bonds.